The van der Waals surface area contributed by atoms with Gasteiger partial charge in [0.05, 0.1) is 14.2 Å². The zero-order valence-corrected chi connectivity index (χ0v) is 18.6. The number of benzene rings is 2. The first-order valence-electron chi connectivity index (χ1n) is 9.96. The predicted molar refractivity (Wildman–Crippen MR) is 120 cm³/mol. The highest BCUT2D eigenvalue weighted by Gasteiger charge is 2.27. The number of rotatable bonds is 8. The first-order valence-corrected chi connectivity index (χ1v) is 9.96. The molecule has 0 spiro atoms. The van der Waals surface area contributed by atoms with E-state index in [1.165, 1.54) is 0 Å². The minimum absolute atomic E-state index is 0. The second-order valence-electron chi connectivity index (χ2n) is 7.73. The molecular weight excluding hydrogens is 404 g/mol. The van der Waals surface area contributed by atoms with Crippen molar-refractivity contribution in [1.82, 2.24) is 10.6 Å². The fraction of sp³-hybridized carbons (Fsp3) is 0.435. The Bertz CT molecular complexity index is 798. The highest BCUT2D eigenvalue weighted by Crippen LogP contribution is 2.39. The molecule has 1 heterocycles. The summed E-state index contributed by atoms with van der Waals surface area (Å²) in [4.78, 5) is 12.8. The third kappa shape index (κ3) is 6.03. The van der Waals surface area contributed by atoms with Gasteiger partial charge in [-0.3, -0.25) is 4.79 Å². The van der Waals surface area contributed by atoms with Crippen LogP contribution in [0.25, 0.3) is 0 Å². The smallest absolute Gasteiger partial charge is 0.251 e. The molecule has 30 heavy (non-hydrogen) atoms. The Hall–Kier alpha value is -2.44. The van der Waals surface area contributed by atoms with Gasteiger partial charge in [-0.25, -0.2) is 0 Å². The van der Waals surface area contributed by atoms with Crippen LogP contribution in [0, 0.1) is 5.41 Å². The van der Waals surface area contributed by atoms with Crippen LogP contribution in [-0.4, -0.2) is 39.8 Å². The summed E-state index contributed by atoms with van der Waals surface area (Å²) in [5.74, 6) is 1.29. The molecule has 2 N–H and O–H groups in total. The molecule has 7 heteroatoms. The number of hydrogen-bond acceptors (Lipinski definition) is 5. The van der Waals surface area contributed by atoms with Crippen LogP contribution >= 0.6 is 12.4 Å². The van der Waals surface area contributed by atoms with E-state index in [2.05, 4.69) is 17.6 Å². The molecule has 164 valence electrons. The van der Waals surface area contributed by atoms with Crippen LogP contribution < -0.4 is 24.8 Å². The number of ether oxygens (including phenoxy) is 3. The number of piperidine rings is 1. The standard InChI is InChI=1S/C23H30N2O4.ClH/c1-23(9-11-24-12-10-23)16-25-22(26)18-13-19(27-2)21(20(14-18)28-3)29-15-17-7-5-4-6-8-17;/h4-8,13-14,24H,9-12,15-16H2,1-3H3,(H,25,26);1H. The van der Waals surface area contributed by atoms with E-state index in [0.717, 1.165) is 31.5 Å². The molecule has 0 aliphatic carbocycles. The molecule has 6 nitrogen and oxygen atoms in total. The lowest BCUT2D eigenvalue weighted by atomic mass is 9.81. The molecule has 1 saturated heterocycles. The Labute approximate surface area is 184 Å². The maximum Gasteiger partial charge on any atom is 0.251 e. The van der Waals surface area contributed by atoms with Gasteiger partial charge in [0.2, 0.25) is 5.75 Å². The van der Waals surface area contributed by atoms with Crippen molar-refractivity contribution in [2.75, 3.05) is 33.9 Å². The summed E-state index contributed by atoms with van der Waals surface area (Å²) in [5.41, 5.74) is 1.64. The first kappa shape index (κ1) is 23.8. The van der Waals surface area contributed by atoms with Gasteiger partial charge < -0.3 is 24.8 Å². The van der Waals surface area contributed by atoms with Gasteiger partial charge in [0.25, 0.3) is 5.91 Å². The summed E-state index contributed by atoms with van der Waals surface area (Å²) in [5, 5.41) is 6.43. The number of hydrogen-bond donors (Lipinski definition) is 2. The Morgan fingerprint density at radius 2 is 1.67 bits per heavy atom. The van der Waals surface area contributed by atoms with Gasteiger partial charge in [-0.2, -0.15) is 0 Å². The van der Waals surface area contributed by atoms with Gasteiger partial charge >= 0.3 is 0 Å². The fourth-order valence-electron chi connectivity index (χ4n) is 3.49. The summed E-state index contributed by atoms with van der Waals surface area (Å²) in [7, 11) is 3.11. The number of nitrogens with one attached hydrogen (secondary N) is 2. The number of halogens is 1. The van der Waals surface area contributed by atoms with Crippen molar-refractivity contribution >= 4 is 18.3 Å². The van der Waals surface area contributed by atoms with Crippen molar-refractivity contribution in [3.63, 3.8) is 0 Å². The SMILES string of the molecule is COc1cc(C(=O)NCC2(C)CCNCC2)cc(OC)c1OCc1ccccc1.Cl. The van der Waals surface area contributed by atoms with E-state index in [1.807, 2.05) is 30.3 Å². The third-order valence-corrected chi connectivity index (χ3v) is 5.44. The molecule has 1 fully saturated rings. The zero-order valence-electron chi connectivity index (χ0n) is 17.8. The summed E-state index contributed by atoms with van der Waals surface area (Å²) < 4.78 is 16.9. The van der Waals surface area contributed by atoms with Crippen LogP contribution in [0.3, 0.4) is 0 Å². The molecule has 2 aromatic rings. The quantitative estimate of drug-likeness (QED) is 0.661. The molecule has 0 unspecified atom stereocenters. The summed E-state index contributed by atoms with van der Waals surface area (Å²) >= 11 is 0. The highest BCUT2D eigenvalue weighted by molar-refractivity contribution is 5.95. The van der Waals surface area contributed by atoms with Crippen molar-refractivity contribution in [3.8, 4) is 17.2 Å². The van der Waals surface area contributed by atoms with Crippen molar-refractivity contribution in [2.24, 2.45) is 5.41 Å². The fourth-order valence-corrected chi connectivity index (χ4v) is 3.49. The topological polar surface area (TPSA) is 68.8 Å². The molecule has 0 bridgehead atoms. The molecule has 0 aromatic heterocycles. The van der Waals surface area contributed by atoms with E-state index in [9.17, 15) is 4.79 Å². The Balaban J connectivity index is 0.00000320. The van der Waals surface area contributed by atoms with E-state index in [-0.39, 0.29) is 23.7 Å². The molecule has 2 aromatic carbocycles. The number of amides is 1. The van der Waals surface area contributed by atoms with Gasteiger partial charge in [-0.1, -0.05) is 37.3 Å². The van der Waals surface area contributed by atoms with Crippen LogP contribution in [0.1, 0.15) is 35.7 Å². The minimum Gasteiger partial charge on any atom is -0.493 e. The average Bonchev–Trinajstić information content (AvgIpc) is 2.76. The summed E-state index contributed by atoms with van der Waals surface area (Å²) in [6.07, 6.45) is 2.10. The van der Waals surface area contributed by atoms with E-state index < -0.39 is 0 Å². The zero-order chi connectivity index (χ0) is 20.7. The lowest BCUT2D eigenvalue weighted by Crippen LogP contribution is -2.42. The van der Waals surface area contributed by atoms with Crippen molar-refractivity contribution in [3.05, 3.63) is 53.6 Å². The van der Waals surface area contributed by atoms with Gasteiger partial charge in [-0.05, 0) is 49.0 Å². The van der Waals surface area contributed by atoms with E-state index in [0.29, 0.717) is 36.0 Å². The first-order chi connectivity index (χ1) is 14.0. The van der Waals surface area contributed by atoms with E-state index in [4.69, 9.17) is 14.2 Å². The van der Waals surface area contributed by atoms with Crippen LogP contribution in [0.2, 0.25) is 0 Å². The largest absolute Gasteiger partial charge is 0.493 e. The number of carbonyl (C=O) groups is 1. The molecule has 0 radical (unpaired) electrons. The van der Waals surface area contributed by atoms with Gasteiger partial charge in [0.1, 0.15) is 6.61 Å². The van der Waals surface area contributed by atoms with E-state index in [1.54, 1.807) is 26.4 Å². The van der Waals surface area contributed by atoms with Gasteiger partial charge in [0, 0.05) is 12.1 Å². The van der Waals surface area contributed by atoms with Gasteiger partial charge in [-0.15, -0.1) is 12.4 Å². The summed E-state index contributed by atoms with van der Waals surface area (Å²) in [6.45, 7) is 5.22. The minimum atomic E-state index is -0.143. The van der Waals surface area contributed by atoms with Crippen LogP contribution in [-0.2, 0) is 6.61 Å². The Morgan fingerprint density at radius 3 is 2.23 bits per heavy atom. The van der Waals surface area contributed by atoms with Crippen LogP contribution in [0.5, 0.6) is 17.2 Å². The predicted octanol–water partition coefficient (Wildman–Crippen LogP) is 3.82. The molecular formula is C23H31ClN2O4. The molecule has 0 atom stereocenters. The van der Waals surface area contributed by atoms with Crippen molar-refractivity contribution < 1.29 is 19.0 Å². The molecule has 1 amide bonds. The average molecular weight is 435 g/mol. The number of methoxy groups -OCH3 is 2. The van der Waals surface area contributed by atoms with E-state index >= 15 is 0 Å². The molecule has 1 aliphatic heterocycles. The molecule has 1 aliphatic rings. The number of carbonyl (C=O) groups excluding carboxylic acids is 1. The Morgan fingerprint density at radius 1 is 1.07 bits per heavy atom. The summed E-state index contributed by atoms with van der Waals surface area (Å²) in [6, 6.07) is 13.3. The second kappa shape index (κ2) is 11.1. The lowest BCUT2D eigenvalue weighted by Gasteiger charge is -2.34. The molecule has 3 rings (SSSR count). The normalized spacial score (nSPS) is 14.9. The third-order valence-electron chi connectivity index (χ3n) is 5.44. The highest BCUT2D eigenvalue weighted by atomic mass is 35.5. The lowest BCUT2D eigenvalue weighted by molar-refractivity contribution is 0.0921. The van der Waals surface area contributed by atoms with Crippen LogP contribution in [0.4, 0.5) is 0 Å². The van der Waals surface area contributed by atoms with Gasteiger partial charge in [0.15, 0.2) is 11.5 Å². The maximum absolute atomic E-state index is 12.8. The van der Waals surface area contributed by atoms with Crippen molar-refractivity contribution in [2.45, 2.75) is 26.4 Å². The monoisotopic (exact) mass is 434 g/mol. The van der Waals surface area contributed by atoms with Crippen LogP contribution in [0.15, 0.2) is 42.5 Å². The van der Waals surface area contributed by atoms with Crippen molar-refractivity contribution in [1.29, 1.82) is 0 Å². The molecule has 0 saturated carbocycles. The Kier molecular flexibility index (Phi) is 8.81. The maximum atomic E-state index is 12.8. The second-order valence-corrected chi connectivity index (χ2v) is 7.73.